The molecule has 0 saturated carbocycles. The highest BCUT2D eigenvalue weighted by Gasteiger charge is 2.49. The van der Waals surface area contributed by atoms with Crippen molar-refractivity contribution in [3.63, 3.8) is 0 Å². The summed E-state index contributed by atoms with van der Waals surface area (Å²) >= 11 is 0. The van der Waals surface area contributed by atoms with Crippen LogP contribution in [0.4, 0.5) is 0 Å². The highest BCUT2D eigenvalue weighted by atomic mass is 16.8. The van der Waals surface area contributed by atoms with Gasteiger partial charge in [-0.2, -0.15) is 0 Å². The van der Waals surface area contributed by atoms with E-state index in [9.17, 15) is 4.79 Å². The Bertz CT molecular complexity index is 360. The predicted molar refractivity (Wildman–Crippen MR) is 63.9 cm³/mol. The van der Waals surface area contributed by atoms with Crippen molar-refractivity contribution in [2.45, 2.75) is 57.6 Å². The number of ether oxygens (including phenoxy) is 4. The van der Waals surface area contributed by atoms with Crippen molar-refractivity contribution >= 4 is 6.29 Å². The molecule has 3 atom stereocenters. The molecule has 0 aromatic carbocycles. The van der Waals surface area contributed by atoms with Gasteiger partial charge in [-0.1, -0.05) is 6.58 Å². The van der Waals surface area contributed by atoms with Crippen LogP contribution in [0.2, 0.25) is 0 Å². The van der Waals surface area contributed by atoms with E-state index in [1.165, 1.54) is 0 Å². The fraction of sp³-hybridized carbons (Fsp3) is 0.769. The van der Waals surface area contributed by atoms with E-state index >= 15 is 0 Å². The van der Waals surface area contributed by atoms with Crippen LogP contribution in [0, 0.1) is 0 Å². The van der Waals surface area contributed by atoms with Gasteiger partial charge in [-0.15, -0.1) is 0 Å². The molecular weight excluding hydrogens is 236 g/mol. The van der Waals surface area contributed by atoms with Gasteiger partial charge in [-0.05, 0) is 33.3 Å². The first-order valence-corrected chi connectivity index (χ1v) is 6.04. The zero-order chi connectivity index (χ0) is 13.6. The molecule has 0 unspecified atom stereocenters. The molecule has 2 fully saturated rings. The second kappa shape index (κ2) is 4.42. The minimum atomic E-state index is -0.789. The minimum Gasteiger partial charge on any atom is -0.346 e. The molecule has 18 heavy (non-hydrogen) atoms. The fourth-order valence-electron chi connectivity index (χ4n) is 2.23. The van der Waals surface area contributed by atoms with Gasteiger partial charge in [0.25, 0.3) is 0 Å². The van der Waals surface area contributed by atoms with E-state index in [2.05, 4.69) is 6.58 Å². The Kier molecular flexibility index (Phi) is 3.36. The molecule has 5 nitrogen and oxygen atoms in total. The molecule has 2 aliphatic rings. The number of rotatable bonds is 2. The summed E-state index contributed by atoms with van der Waals surface area (Å²) in [6.45, 7) is 11.5. The second-order valence-electron chi connectivity index (χ2n) is 5.59. The normalized spacial score (nSPS) is 38.7. The van der Waals surface area contributed by atoms with Crippen molar-refractivity contribution in [1.82, 2.24) is 0 Å². The molecule has 0 bridgehead atoms. The highest BCUT2D eigenvalue weighted by Crippen LogP contribution is 2.36. The van der Waals surface area contributed by atoms with Crippen LogP contribution in [0.15, 0.2) is 12.2 Å². The molecule has 2 saturated heterocycles. The molecule has 0 radical (unpaired) electrons. The van der Waals surface area contributed by atoms with E-state index < -0.39 is 29.9 Å². The van der Waals surface area contributed by atoms with Crippen molar-refractivity contribution in [1.29, 1.82) is 0 Å². The van der Waals surface area contributed by atoms with Crippen LogP contribution >= 0.6 is 0 Å². The lowest BCUT2D eigenvalue weighted by Gasteiger charge is -2.39. The number of carbonyl (C=O) groups excluding carboxylic acids is 1. The molecule has 0 aromatic rings. The van der Waals surface area contributed by atoms with Gasteiger partial charge in [0.15, 0.2) is 17.9 Å². The molecule has 0 spiro atoms. The van der Waals surface area contributed by atoms with Gasteiger partial charge in [0.05, 0.1) is 6.61 Å². The first-order chi connectivity index (χ1) is 8.24. The maximum atomic E-state index is 11.1. The summed E-state index contributed by atoms with van der Waals surface area (Å²) in [6.07, 6.45) is -0.770. The SMILES string of the molecule is C=C1COC(C)(C)O[C@H]1[C@@H]1OC(C)(C)O[C@@H]1C=O. The Morgan fingerprint density at radius 2 is 1.83 bits per heavy atom. The lowest BCUT2D eigenvalue weighted by molar-refractivity contribution is -0.271. The first-order valence-electron chi connectivity index (χ1n) is 6.04. The van der Waals surface area contributed by atoms with Crippen LogP contribution in [0.1, 0.15) is 27.7 Å². The number of carbonyl (C=O) groups is 1. The van der Waals surface area contributed by atoms with Crippen molar-refractivity contribution in [2.24, 2.45) is 0 Å². The zero-order valence-corrected chi connectivity index (χ0v) is 11.3. The maximum absolute atomic E-state index is 11.1. The third-order valence-corrected chi connectivity index (χ3v) is 3.01. The molecule has 0 amide bonds. The Hall–Kier alpha value is -0.750. The average molecular weight is 256 g/mol. The van der Waals surface area contributed by atoms with Gasteiger partial charge in [0, 0.05) is 0 Å². The van der Waals surface area contributed by atoms with E-state index in [1.54, 1.807) is 13.8 Å². The third kappa shape index (κ3) is 2.64. The summed E-state index contributed by atoms with van der Waals surface area (Å²) < 4.78 is 22.6. The molecular formula is C13H20O5. The summed E-state index contributed by atoms with van der Waals surface area (Å²) in [6, 6.07) is 0. The van der Waals surface area contributed by atoms with Crippen molar-refractivity contribution in [2.75, 3.05) is 6.61 Å². The van der Waals surface area contributed by atoms with E-state index in [4.69, 9.17) is 18.9 Å². The van der Waals surface area contributed by atoms with Gasteiger partial charge in [0.1, 0.15) is 18.3 Å². The lowest BCUT2D eigenvalue weighted by Crippen LogP contribution is -2.49. The average Bonchev–Trinajstić information content (AvgIpc) is 2.57. The van der Waals surface area contributed by atoms with Gasteiger partial charge >= 0.3 is 0 Å². The minimum absolute atomic E-state index is 0.392. The van der Waals surface area contributed by atoms with Crippen LogP contribution in [-0.4, -0.2) is 42.8 Å². The maximum Gasteiger partial charge on any atom is 0.164 e. The Balaban J connectivity index is 2.19. The van der Waals surface area contributed by atoms with Gasteiger partial charge in [-0.25, -0.2) is 0 Å². The number of aldehydes is 1. The van der Waals surface area contributed by atoms with E-state index in [1.807, 2.05) is 13.8 Å². The topological polar surface area (TPSA) is 54.0 Å². The van der Waals surface area contributed by atoms with Crippen LogP contribution in [0.25, 0.3) is 0 Å². The molecule has 0 aromatic heterocycles. The molecule has 0 aliphatic carbocycles. The lowest BCUT2D eigenvalue weighted by atomic mass is 10.0. The first kappa shape index (κ1) is 13.7. The Morgan fingerprint density at radius 3 is 2.44 bits per heavy atom. The molecule has 2 aliphatic heterocycles. The van der Waals surface area contributed by atoms with Crippen LogP contribution in [0.5, 0.6) is 0 Å². The second-order valence-corrected chi connectivity index (χ2v) is 5.59. The quantitative estimate of drug-likeness (QED) is 0.552. The molecule has 2 heterocycles. The number of hydrogen-bond donors (Lipinski definition) is 0. The van der Waals surface area contributed by atoms with Crippen LogP contribution in [-0.2, 0) is 23.7 Å². The van der Waals surface area contributed by atoms with Gasteiger partial charge < -0.3 is 23.7 Å². The van der Waals surface area contributed by atoms with E-state index in [0.29, 0.717) is 6.61 Å². The Morgan fingerprint density at radius 1 is 1.17 bits per heavy atom. The fourth-order valence-corrected chi connectivity index (χ4v) is 2.23. The monoisotopic (exact) mass is 256 g/mol. The molecule has 0 N–H and O–H groups in total. The summed E-state index contributed by atoms with van der Waals surface area (Å²) in [5.74, 6) is -1.50. The van der Waals surface area contributed by atoms with E-state index in [-0.39, 0.29) is 0 Å². The van der Waals surface area contributed by atoms with Gasteiger partial charge in [0.2, 0.25) is 0 Å². The van der Waals surface area contributed by atoms with E-state index in [0.717, 1.165) is 11.9 Å². The summed E-state index contributed by atoms with van der Waals surface area (Å²) in [7, 11) is 0. The van der Waals surface area contributed by atoms with Crippen molar-refractivity contribution < 1.29 is 23.7 Å². The largest absolute Gasteiger partial charge is 0.346 e. The smallest absolute Gasteiger partial charge is 0.164 e. The summed E-state index contributed by atoms with van der Waals surface area (Å²) in [4.78, 5) is 11.1. The predicted octanol–water partition coefficient (Wildman–Crippen LogP) is 1.41. The van der Waals surface area contributed by atoms with Crippen LogP contribution in [0.3, 0.4) is 0 Å². The number of hydrogen-bond acceptors (Lipinski definition) is 5. The molecule has 102 valence electrons. The molecule has 5 heteroatoms. The standard InChI is InChI=1S/C13H20O5/c1-8-7-15-12(2,3)17-10(8)11-9(6-14)16-13(4,5)18-11/h6,9-11H,1,7H2,2-5H3/t9-,10-,11-/m1/s1. The Labute approximate surface area is 107 Å². The van der Waals surface area contributed by atoms with Crippen LogP contribution < -0.4 is 0 Å². The van der Waals surface area contributed by atoms with Crippen molar-refractivity contribution in [3.05, 3.63) is 12.2 Å². The summed E-state index contributed by atoms with van der Waals surface area (Å²) in [5, 5.41) is 0. The molecule has 2 rings (SSSR count). The highest BCUT2D eigenvalue weighted by molar-refractivity contribution is 5.58. The summed E-state index contributed by atoms with van der Waals surface area (Å²) in [5.41, 5.74) is 0.757. The zero-order valence-electron chi connectivity index (χ0n) is 11.3. The third-order valence-electron chi connectivity index (χ3n) is 3.01. The van der Waals surface area contributed by atoms with Crippen molar-refractivity contribution in [3.8, 4) is 0 Å². The van der Waals surface area contributed by atoms with Gasteiger partial charge in [-0.3, -0.25) is 0 Å².